The third-order valence-corrected chi connectivity index (χ3v) is 11.1. The van der Waals surface area contributed by atoms with Crippen LogP contribution >= 0.6 is 0 Å². The molecule has 1 aliphatic rings. The summed E-state index contributed by atoms with van der Waals surface area (Å²) in [5, 5.41) is 5.04. The van der Waals surface area contributed by atoms with Gasteiger partial charge in [0.1, 0.15) is 0 Å². The Morgan fingerprint density at radius 1 is 0.481 bits per heavy atom. The molecule has 1 aliphatic heterocycles. The zero-order valence-electron chi connectivity index (χ0n) is 32.2. The number of benzene rings is 6. The van der Waals surface area contributed by atoms with Crippen LogP contribution in [-0.2, 0) is 17.3 Å². The van der Waals surface area contributed by atoms with Gasteiger partial charge in [-0.15, -0.1) is 0 Å². The molecule has 0 saturated heterocycles. The lowest BCUT2D eigenvalue weighted by Crippen LogP contribution is -2.17. The third kappa shape index (κ3) is 5.58. The Balaban J connectivity index is 1.39. The molecule has 0 aliphatic carbocycles. The van der Waals surface area contributed by atoms with Crippen molar-refractivity contribution in [3.63, 3.8) is 0 Å². The monoisotopic (exact) mass is 701 g/mol. The summed E-state index contributed by atoms with van der Waals surface area (Å²) in [5.74, 6) is 0. The fourth-order valence-corrected chi connectivity index (χ4v) is 8.28. The molecule has 0 spiro atoms. The average Bonchev–Trinajstić information content (AvgIpc) is 3.69. The molecule has 6 aromatic carbocycles. The predicted molar refractivity (Wildman–Crippen MR) is 232 cm³/mol. The molecule has 0 bridgehead atoms. The van der Waals surface area contributed by atoms with Gasteiger partial charge in [-0.2, -0.15) is 0 Å². The standard InChI is InChI=1S/C51H47N3/c1-34-17-9-8-10-18-35-19-11-14-22-45(35)52(34)38-31-39(53-46-23-15-12-20-41(46)43-29-36(50(2,3)4)25-27-48(43)53)33-40(32-38)54-47-24-16-13-21-42(47)44-30-37(51(5,6)7)26-28-49(44)54/h8-17,19-33H,1,18H2,2-7H3/b10-8-,17-9-. The van der Waals surface area contributed by atoms with Crippen LogP contribution in [0, 0.1) is 0 Å². The first-order valence-corrected chi connectivity index (χ1v) is 19.1. The summed E-state index contributed by atoms with van der Waals surface area (Å²) in [4.78, 5) is 2.34. The van der Waals surface area contributed by atoms with Crippen molar-refractivity contribution in [1.82, 2.24) is 9.13 Å². The van der Waals surface area contributed by atoms with Crippen molar-refractivity contribution in [2.75, 3.05) is 4.90 Å². The number of anilines is 2. The molecule has 0 saturated carbocycles. The number of allylic oxidation sites excluding steroid dienone is 4. The van der Waals surface area contributed by atoms with Crippen LogP contribution in [0.2, 0.25) is 0 Å². The average molecular weight is 702 g/mol. The van der Waals surface area contributed by atoms with Crippen molar-refractivity contribution in [2.24, 2.45) is 0 Å². The summed E-state index contributed by atoms with van der Waals surface area (Å²) < 4.78 is 4.91. The first-order chi connectivity index (χ1) is 26.0. The predicted octanol–water partition coefficient (Wildman–Crippen LogP) is 13.8. The lowest BCUT2D eigenvalue weighted by atomic mass is 9.86. The topological polar surface area (TPSA) is 13.1 Å². The smallest absolute Gasteiger partial charge is 0.0541 e. The minimum atomic E-state index is 0.0359. The number of hydrogen-bond acceptors (Lipinski definition) is 1. The Morgan fingerprint density at radius 3 is 1.52 bits per heavy atom. The van der Waals surface area contributed by atoms with E-state index >= 15 is 0 Å². The Bertz CT molecular complexity index is 2690. The Hall–Kier alpha value is -6.06. The van der Waals surface area contributed by atoms with Crippen molar-refractivity contribution in [3.05, 3.63) is 181 Å². The van der Waals surface area contributed by atoms with E-state index in [4.69, 9.17) is 0 Å². The molecule has 8 aromatic rings. The van der Waals surface area contributed by atoms with E-state index in [1.807, 2.05) is 0 Å². The van der Waals surface area contributed by atoms with Gasteiger partial charge < -0.3 is 14.0 Å². The van der Waals surface area contributed by atoms with Crippen LogP contribution in [-0.4, -0.2) is 9.13 Å². The molecular formula is C51H47N3. The van der Waals surface area contributed by atoms with Crippen molar-refractivity contribution in [1.29, 1.82) is 0 Å². The quantitative estimate of drug-likeness (QED) is 0.179. The van der Waals surface area contributed by atoms with Gasteiger partial charge in [0.15, 0.2) is 0 Å². The Kier molecular flexibility index (Phi) is 7.83. The van der Waals surface area contributed by atoms with Crippen LogP contribution in [0.4, 0.5) is 11.4 Å². The molecule has 2 aromatic heterocycles. The first-order valence-electron chi connectivity index (χ1n) is 19.1. The number of para-hydroxylation sites is 3. The lowest BCUT2D eigenvalue weighted by Gasteiger charge is -2.29. The maximum atomic E-state index is 4.66. The van der Waals surface area contributed by atoms with E-state index in [1.54, 1.807) is 0 Å². The normalized spacial score (nSPS) is 15.1. The van der Waals surface area contributed by atoms with E-state index in [-0.39, 0.29) is 10.8 Å². The van der Waals surface area contributed by atoms with E-state index in [2.05, 4.69) is 214 Å². The highest BCUT2D eigenvalue weighted by molar-refractivity contribution is 6.11. The molecular weight excluding hydrogens is 655 g/mol. The molecule has 0 unspecified atom stereocenters. The Labute approximate surface area is 318 Å². The molecule has 3 heterocycles. The van der Waals surface area contributed by atoms with Crippen molar-refractivity contribution >= 4 is 55.0 Å². The summed E-state index contributed by atoms with van der Waals surface area (Å²) in [7, 11) is 0. The molecule has 266 valence electrons. The van der Waals surface area contributed by atoms with Gasteiger partial charge in [0.05, 0.1) is 39.1 Å². The molecule has 0 atom stereocenters. The molecule has 3 nitrogen and oxygen atoms in total. The maximum Gasteiger partial charge on any atom is 0.0541 e. The summed E-state index contributed by atoms with van der Waals surface area (Å²) in [6.45, 7) is 18.4. The lowest BCUT2D eigenvalue weighted by molar-refractivity contribution is 0.591. The summed E-state index contributed by atoms with van der Waals surface area (Å²) in [6, 6.07) is 47.5. The largest absolute Gasteiger partial charge is 0.311 e. The summed E-state index contributed by atoms with van der Waals surface area (Å²) in [6.07, 6.45) is 9.41. The zero-order valence-corrected chi connectivity index (χ0v) is 32.2. The SMILES string of the molecule is C=C1/C=C\C=C/Cc2ccccc2N1c1cc(-n2c3ccccc3c3cc(C(C)(C)C)ccc32)cc(-n2c3ccccc3c3cc(C(C)(C)C)ccc32)c1. The summed E-state index contributed by atoms with van der Waals surface area (Å²) in [5.41, 5.74) is 14.0. The Morgan fingerprint density at radius 2 is 0.963 bits per heavy atom. The van der Waals surface area contributed by atoms with Gasteiger partial charge in [-0.3, -0.25) is 0 Å². The number of aromatic nitrogens is 2. The van der Waals surface area contributed by atoms with Crippen LogP contribution in [0.25, 0.3) is 55.0 Å². The summed E-state index contributed by atoms with van der Waals surface area (Å²) >= 11 is 0. The molecule has 3 heteroatoms. The van der Waals surface area contributed by atoms with E-state index in [1.165, 1.54) is 60.3 Å². The maximum absolute atomic E-state index is 4.66. The van der Waals surface area contributed by atoms with Gasteiger partial charge in [0, 0.05) is 32.9 Å². The number of hydrogen-bond donors (Lipinski definition) is 0. The van der Waals surface area contributed by atoms with E-state index in [0.717, 1.165) is 34.9 Å². The molecule has 0 N–H and O–H groups in total. The molecule has 54 heavy (non-hydrogen) atoms. The third-order valence-electron chi connectivity index (χ3n) is 11.1. The van der Waals surface area contributed by atoms with Gasteiger partial charge in [0.2, 0.25) is 0 Å². The second-order valence-corrected chi connectivity index (χ2v) is 16.8. The minimum absolute atomic E-state index is 0.0359. The molecule has 0 fully saturated rings. The second kappa shape index (κ2) is 12.5. The number of nitrogens with zero attached hydrogens (tertiary/aromatic N) is 3. The van der Waals surface area contributed by atoms with Crippen LogP contribution in [0.5, 0.6) is 0 Å². The van der Waals surface area contributed by atoms with Gasteiger partial charge in [-0.05, 0) is 101 Å². The van der Waals surface area contributed by atoms with Crippen molar-refractivity contribution < 1.29 is 0 Å². The fourth-order valence-electron chi connectivity index (χ4n) is 8.28. The van der Waals surface area contributed by atoms with Gasteiger partial charge in [-0.25, -0.2) is 0 Å². The molecule has 9 rings (SSSR count). The zero-order chi connectivity index (χ0) is 37.4. The van der Waals surface area contributed by atoms with Crippen LogP contribution in [0.15, 0.2) is 164 Å². The van der Waals surface area contributed by atoms with Gasteiger partial charge in [0.25, 0.3) is 0 Å². The van der Waals surface area contributed by atoms with Gasteiger partial charge in [-0.1, -0.05) is 133 Å². The molecule has 0 amide bonds. The van der Waals surface area contributed by atoms with Crippen LogP contribution < -0.4 is 4.90 Å². The van der Waals surface area contributed by atoms with Crippen molar-refractivity contribution in [3.8, 4) is 11.4 Å². The highest BCUT2D eigenvalue weighted by Gasteiger charge is 2.23. The first kappa shape index (κ1) is 33.8. The van der Waals surface area contributed by atoms with E-state index in [9.17, 15) is 0 Å². The van der Waals surface area contributed by atoms with Crippen LogP contribution in [0.1, 0.15) is 58.2 Å². The number of fused-ring (bicyclic) bond motifs is 7. The second-order valence-electron chi connectivity index (χ2n) is 16.8. The van der Waals surface area contributed by atoms with Crippen LogP contribution in [0.3, 0.4) is 0 Å². The molecule has 0 radical (unpaired) electrons. The van der Waals surface area contributed by atoms with E-state index in [0.29, 0.717) is 0 Å². The fraction of sp³-hybridized carbons (Fsp3) is 0.176. The minimum Gasteiger partial charge on any atom is -0.311 e. The highest BCUT2D eigenvalue weighted by Crippen LogP contribution is 2.42. The van der Waals surface area contributed by atoms with Gasteiger partial charge >= 0.3 is 0 Å². The van der Waals surface area contributed by atoms with E-state index < -0.39 is 0 Å². The number of rotatable bonds is 3. The highest BCUT2D eigenvalue weighted by atomic mass is 15.2. The van der Waals surface area contributed by atoms with Crippen molar-refractivity contribution in [2.45, 2.75) is 58.8 Å².